The van der Waals surface area contributed by atoms with Gasteiger partial charge < -0.3 is 15.6 Å². The molecule has 3 N–H and O–H groups in total. The van der Waals surface area contributed by atoms with Gasteiger partial charge in [0.15, 0.2) is 0 Å². The maximum atomic E-state index is 13.2. The Labute approximate surface area is 189 Å². The van der Waals surface area contributed by atoms with Gasteiger partial charge in [-0.1, -0.05) is 36.4 Å². The van der Waals surface area contributed by atoms with Crippen LogP contribution in [0.15, 0.2) is 84.9 Å². The molecule has 162 valence electrons. The molecule has 0 unspecified atom stereocenters. The number of fused-ring (bicyclic) bond motifs is 3. The molecule has 0 radical (unpaired) electrons. The molecular weight excluding hydrogens is 417 g/mol. The van der Waals surface area contributed by atoms with Crippen LogP contribution in [0.2, 0.25) is 0 Å². The van der Waals surface area contributed by atoms with Gasteiger partial charge in [0, 0.05) is 33.2 Å². The number of hydrogen-bond donors (Lipinski definition) is 3. The van der Waals surface area contributed by atoms with Crippen LogP contribution in [0.4, 0.5) is 15.8 Å². The maximum absolute atomic E-state index is 13.2. The average molecular weight is 437 g/mol. The van der Waals surface area contributed by atoms with Crippen molar-refractivity contribution in [2.45, 2.75) is 6.92 Å². The molecule has 0 aliphatic rings. The summed E-state index contributed by atoms with van der Waals surface area (Å²) in [6, 6.07) is 24.2. The number of H-pyrrole nitrogens is 1. The van der Waals surface area contributed by atoms with Gasteiger partial charge >= 0.3 is 0 Å². The van der Waals surface area contributed by atoms with Crippen molar-refractivity contribution in [1.82, 2.24) is 4.98 Å². The minimum absolute atomic E-state index is 0.253. The number of carbonyl (C=O) groups is 2. The van der Waals surface area contributed by atoms with Gasteiger partial charge in [-0.3, -0.25) is 9.59 Å². The summed E-state index contributed by atoms with van der Waals surface area (Å²) in [5.41, 5.74) is 4.48. The van der Waals surface area contributed by atoms with Gasteiger partial charge in [0.1, 0.15) is 5.82 Å². The maximum Gasteiger partial charge on any atom is 0.257 e. The van der Waals surface area contributed by atoms with Crippen molar-refractivity contribution in [3.05, 3.63) is 107 Å². The summed E-state index contributed by atoms with van der Waals surface area (Å²) in [4.78, 5) is 29.1. The molecule has 0 bridgehead atoms. The van der Waals surface area contributed by atoms with Crippen LogP contribution < -0.4 is 10.6 Å². The van der Waals surface area contributed by atoms with Crippen LogP contribution in [-0.2, 0) is 0 Å². The lowest BCUT2D eigenvalue weighted by atomic mass is 10.1. The fourth-order valence-corrected chi connectivity index (χ4v) is 3.95. The summed E-state index contributed by atoms with van der Waals surface area (Å²) in [5, 5.41) is 7.83. The van der Waals surface area contributed by atoms with E-state index in [2.05, 4.69) is 15.6 Å². The summed E-state index contributed by atoms with van der Waals surface area (Å²) in [5.74, 6) is -1.01. The Kier molecular flexibility index (Phi) is 5.11. The fraction of sp³-hybridized carbons (Fsp3) is 0.0370. The molecule has 5 aromatic rings. The van der Waals surface area contributed by atoms with E-state index in [0.717, 1.165) is 21.8 Å². The van der Waals surface area contributed by atoms with E-state index in [-0.39, 0.29) is 11.8 Å². The Hall–Kier alpha value is -4.45. The molecule has 1 heterocycles. The molecule has 4 aromatic carbocycles. The lowest BCUT2D eigenvalue weighted by molar-refractivity contribution is 0.102. The highest BCUT2D eigenvalue weighted by Gasteiger charge is 2.16. The van der Waals surface area contributed by atoms with E-state index in [0.29, 0.717) is 28.1 Å². The number of halogens is 1. The number of carbonyl (C=O) groups excluding carboxylic acids is 2. The second-order valence-electron chi connectivity index (χ2n) is 7.79. The summed E-state index contributed by atoms with van der Waals surface area (Å²) >= 11 is 0. The smallest absolute Gasteiger partial charge is 0.257 e. The van der Waals surface area contributed by atoms with Crippen LogP contribution in [0.3, 0.4) is 0 Å². The van der Waals surface area contributed by atoms with Crippen LogP contribution in [0.25, 0.3) is 21.8 Å². The highest BCUT2D eigenvalue weighted by atomic mass is 19.1. The number of rotatable bonds is 4. The minimum atomic E-state index is -0.405. The summed E-state index contributed by atoms with van der Waals surface area (Å²) in [7, 11) is 0. The molecular formula is C27H20FN3O2. The van der Waals surface area contributed by atoms with E-state index in [1.807, 2.05) is 43.3 Å². The number of benzene rings is 4. The molecule has 2 amide bonds. The van der Waals surface area contributed by atoms with E-state index in [4.69, 9.17) is 0 Å². The van der Waals surface area contributed by atoms with Gasteiger partial charge in [-0.15, -0.1) is 0 Å². The summed E-state index contributed by atoms with van der Waals surface area (Å²) < 4.78 is 13.1. The summed E-state index contributed by atoms with van der Waals surface area (Å²) in [6.07, 6.45) is 0. The molecule has 33 heavy (non-hydrogen) atoms. The Bertz CT molecular complexity index is 1520. The average Bonchev–Trinajstić information content (AvgIpc) is 3.21. The van der Waals surface area contributed by atoms with Crippen molar-refractivity contribution in [1.29, 1.82) is 0 Å². The Balaban J connectivity index is 1.42. The Morgan fingerprint density at radius 3 is 2.12 bits per heavy atom. The molecule has 0 aliphatic carbocycles. The van der Waals surface area contributed by atoms with Crippen molar-refractivity contribution in [2.75, 3.05) is 10.6 Å². The molecule has 0 spiro atoms. The van der Waals surface area contributed by atoms with Crippen molar-refractivity contribution in [3.8, 4) is 0 Å². The van der Waals surface area contributed by atoms with Gasteiger partial charge in [0.05, 0.1) is 11.1 Å². The van der Waals surface area contributed by atoms with Crippen molar-refractivity contribution >= 4 is 45.0 Å². The lowest BCUT2D eigenvalue weighted by Crippen LogP contribution is -2.16. The minimum Gasteiger partial charge on any atom is -0.354 e. The van der Waals surface area contributed by atoms with E-state index >= 15 is 0 Å². The van der Waals surface area contributed by atoms with Crippen molar-refractivity contribution in [3.63, 3.8) is 0 Å². The standard InChI is InChI=1S/C27H20FN3O2/c1-16-22(30-26(32)17-12-14-18(28)15-13-17)10-5-11-23(16)31-27(33)21-8-4-7-20-19-6-2-3-9-24(19)29-25(20)21/h2-15,29H,1H3,(H,30,32)(H,31,33). The zero-order valence-corrected chi connectivity index (χ0v) is 17.8. The zero-order valence-electron chi connectivity index (χ0n) is 17.8. The third-order valence-corrected chi connectivity index (χ3v) is 5.72. The van der Waals surface area contributed by atoms with Gasteiger partial charge in [0.2, 0.25) is 0 Å². The molecule has 0 atom stereocenters. The topological polar surface area (TPSA) is 74.0 Å². The predicted octanol–water partition coefficient (Wildman–Crippen LogP) is 6.27. The van der Waals surface area contributed by atoms with Gasteiger partial charge in [0.25, 0.3) is 11.8 Å². The van der Waals surface area contributed by atoms with E-state index in [1.165, 1.54) is 24.3 Å². The van der Waals surface area contributed by atoms with Gasteiger partial charge in [-0.25, -0.2) is 4.39 Å². The molecule has 0 saturated carbocycles. The second kappa shape index (κ2) is 8.24. The predicted molar refractivity (Wildman–Crippen MR) is 129 cm³/mol. The van der Waals surface area contributed by atoms with Gasteiger partial charge in [-0.05, 0) is 61.0 Å². The van der Waals surface area contributed by atoms with Crippen LogP contribution in [-0.4, -0.2) is 16.8 Å². The molecule has 0 fully saturated rings. The number of amides is 2. The van der Waals surface area contributed by atoms with E-state index in [9.17, 15) is 14.0 Å². The van der Waals surface area contributed by atoms with Crippen LogP contribution in [0.1, 0.15) is 26.3 Å². The molecule has 0 saturated heterocycles. The van der Waals surface area contributed by atoms with E-state index < -0.39 is 5.82 Å². The number of para-hydroxylation sites is 2. The van der Waals surface area contributed by atoms with Crippen LogP contribution >= 0.6 is 0 Å². The third-order valence-electron chi connectivity index (χ3n) is 5.72. The Morgan fingerprint density at radius 2 is 1.36 bits per heavy atom. The van der Waals surface area contributed by atoms with Crippen molar-refractivity contribution < 1.29 is 14.0 Å². The van der Waals surface area contributed by atoms with E-state index in [1.54, 1.807) is 24.3 Å². The van der Waals surface area contributed by atoms with Crippen LogP contribution in [0.5, 0.6) is 0 Å². The molecule has 6 heteroatoms. The number of anilines is 2. The van der Waals surface area contributed by atoms with Crippen LogP contribution in [0, 0.1) is 12.7 Å². The number of hydrogen-bond acceptors (Lipinski definition) is 2. The third kappa shape index (κ3) is 3.83. The first kappa shape index (κ1) is 20.5. The quantitative estimate of drug-likeness (QED) is 0.310. The monoisotopic (exact) mass is 437 g/mol. The largest absolute Gasteiger partial charge is 0.354 e. The van der Waals surface area contributed by atoms with Gasteiger partial charge in [-0.2, -0.15) is 0 Å². The van der Waals surface area contributed by atoms with Crippen molar-refractivity contribution in [2.24, 2.45) is 0 Å². The lowest BCUT2D eigenvalue weighted by Gasteiger charge is -2.14. The first-order chi connectivity index (χ1) is 16.0. The number of aromatic nitrogens is 1. The normalized spacial score (nSPS) is 11.0. The zero-order chi connectivity index (χ0) is 22.9. The second-order valence-corrected chi connectivity index (χ2v) is 7.79. The summed E-state index contributed by atoms with van der Waals surface area (Å²) in [6.45, 7) is 1.82. The molecule has 5 nitrogen and oxygen atoms in total. The molecule has 0 aliphatic heterocycles. The highest BCUT2D eigenvalue weighted by molar-refractivity contribution is 6.18. The number of aromatic amines is 1. The highest BCUT2D eigenvalue weighted by Crippen LogP contribution is 2.29. The Morgan fingerprint density at radius 1 is 0.727 bits per heavy atom. The first-order valence-corrected chi connectivity index (χ1v) is 10.5. The first-order valence-electron chi connectivity index (χ1n) is 10.5. The molecule has 1 aromatic heterocycles. The molecule has 5 rings (SSSR count). The number of nitrogens with one attached hydrogen (secondary N) is 3. The SMILES string of the molecule is Cc1c(NC(=O)c2ccc(F)cc2)cccc1NC(=O)c1cccc2c1[nH]c1ccccc12. The fourth-order valence-electron chi connectivity index (χ4n) is 3.95.